The molecule has 0 saturated heterocycles. The van der Waals surface area contributed by atoms with Crippen LogP contribution >= 0.6 is 0 Å². The number of nitrogens with one attached hydrogen (secondary N) is 1. The number of fused-ring (bicyclic) bond motifs is 1. The maximum atomic E-state index is 10.3. The first-order chi connectivity index (χ1) is 10.5. The van der Waals surface area contributed by atoms with Gasteiger partial charge in [0.1, 0.15) is 5.75 Å². The molecule has 4 N–H and O–H groups in total. The Morgan fingerprint density at radius 1 is 1.18 bits per heavy atom. The topological polar surface area (TPSA) is 84.1 Å². The molecule has 1 heterocycles. The molecule has 2 aromatic carbocycles. The van der Waals surface area contributed by atoms with Gasteiger partial charge in [0, 0.05) is 34.9 Å². The van der Waals surface area contributed by atoms with Crippen LogP contribution in [-0.2, 0) is 0 Å². The quantitative estimate of drug-likeness (QED) is 0.645. The largest absolute Gasteiger partial charge is 0.507 e. The Kier molecular flexibility index (Phi) is 3.55. The maximum Gasteiger partial charge on any atom is 0.223 e. The Morgan fingerprint density at radius 3 is 2.73 bits per heavy atom. The standard InChI is InChI=1S/C17H18N4O/c1-10(2)20-17-19-9-12-7-14(16(22)8-15(12)21-17)11-4-3-5-13(18)6-11/h3-10,22H,18H2,1-2H3,(H,19,20,21). The number of hydrogen-bond donors (Lipinski definition) is 3. The molecule has 3 aromatic rings. The van der Waals surface area contributed by atoms with Gasteiger partial charge < -0.3 is 16.2 Å². The molecule has 0 fully saturated rings. The lowest BCUT2D eigenvalue weighted by atomic mass is 10.0. The summed E-state index contributed by atoms with van der Waals surface area (Å²) in [6.07, 6.45) is 1.75. The second kappa shape index (κ2) is 5.52. The molecule has 0 aliphatic rings. The van der Waals surface area contributed by atoms with Crippen LogP contribution < -0.4 is 11.1 Å². The first-order valence-electron chi connectivity index (χ1n) is 7.15. The van der Waals surface area contributed by atoms with Gasteiger partial charge in [-0.25, -0.2) is 9.97 Å². The third-order valence-corrected chi connectivity index (χ3v) is 3.31. The lowest BCUT2D eigenvalue weighted by molar-refractivity contribution is 0.478. The molecule has 0 saturated carbocycles. The minimum atomic E-state index is 0.173. The van der Waals surface area contributed by atoms with Crippen LogP contribution in [0.4, 0.5) is 11.6 Å². The van der Waals surface area contributed by atoms with Crippen molar-refractivity contribution in [2.24, 2.45) is 0 Å². The molecule has 0 radical (unpaired) electrons. The molecule has 1 aromatic heterocycles. The summed E-state index contributed by atoms with van der Waals surface area (Å²) in [6, 6.07) is 11.2. The van der Waals surface area contributed by atoms with Crippen molar-refractivity contribution in [2.75, 3.05) is 11.1 Å². The number of nitrogen functional groups attached to an aromatic ring is 1. The smallest absolute Gasteiger partial charge is 0.223 e. The van der Waals surface area contributed by atoms with Crippen LogP contribution in [0.5, 0.6) is 5.75 Å². The van der Waals surface area contributed by atoms with E-state index < -0.39 is 0 Å². The molecule has 112 valence electrons. The van der Waals surface area contributed by atoms with Crippen molar-refractivity contribution in [2.45, 2.75) is 19.9 Å². The first-order valence-corrected chi connectivity index (χ1v) is 7.15. The van der Waals surface area contributed by atoms with E-state index in [1.165, 1.54) is 0 Å². The summed E-state index contributed by atoms with van der Waals surface area (Å²) in [5.41, 5.74) is 8.75. The summed E-state index contributed by atoms with van der Waals surface area (Å²) in [6.45, 7) is 4.04. The number of benzene rings is 2. The summed E-state index contributed by atoms with van der Waals surface area (Å²) in [5.74, 6) is 0.728. The molecule has 0 atom stereocenters. The molecule has 22 heavy (non-hydrogen) atoms. The zero-order valence-corrected chi connectivity index (χ0v) is 12.5. The van der Waals surface area contributed by atoms with Gasteiger partial charge >= 0.3 is 0 Å². The number of rotatable bonds is 3. The van der Waals surface area contributed by atoms with Gasteiger partial charge in [0.15, 0.2) is 0 Å². The van der Waals surface area contributed by atoms with Crippen molar-refractivity contribution in [3.05, 3.63) is 42.6 Å². The minimum Gasteiger partial charge on any atom is -0.507 e. The number of aromatic nitrogens is 2. The molecule has 5 nitrogen and oxygen atoms in total. The molecule has 0 unspecified atom stereocenters. The van der Waals surface area contributed by atoms with Crippen molar-refractivity contribution in [1.82, 2.24) is 9.97 Å². The van der Waals surface area contributed by atoms with E-state index in [1.807, 2.05) is 44.2 Å². The zero-order chi connectivity index (χ0) is 15.7. The molecular weight excluding hydrogens is 276 g/mol. The normalized spacial score (nSPS) is 11.0. The fourth-order valence-corrected chi connectivity index (χ4v) is 2.33. The van der Waals surface area contributed by atoms with E-state index in [0.29, 0.717) is 22.7 Å². The molecule has 3 rings (SSSR count). The lowest BCUT2D eigenvalue weighted by Crippen LogP contribution is -2.12. The van der Waals surface area contributed by atoms with Crippen LogP contribution in [0.3, 0.4) is 0 Å². The Bertz CT molecular complexity index is 830. The van der Waals surface area contributed by atoms with Gasteiger partial charge in [-0.05, 0) is 37.6 Å². The number of nitrogens with two attached hydrogens (primary N) is 1. The SMILES string of the molecule is CC(C)Nc1ncc2cc(-c3cccc(N)c3)c(O)cc2n1. The average molecular weight is 294 g/mol. The van der Waals surface area contributed by atoms with E-state index in [4.69, 9.17) is 5.73 Å². The molecule has 0 amide bonds. The van der Waals surface area contributed by atoms with Crippen molar-refractivity contribution in [3.63, 3.8) is 0 Å². The zero-order valence-electron chi connectivity index (χ0n) is 12.5. The third kappa shape index (κ3) is 2.79. The number of phenolic OH excluding ortho intramolecular Hbond substituents is 1. The van der Waals surface area contributed by atoms with Crippen LogP contribution in [-0.4, -0.2) is 21.1 Å². The Labute approximate surface area is 128 Å². The summed E-state index contributed by atoms with van der Waals surface area (Å²) >= 11 is 0. The van der Waals surface area contributed by atoms with E-state index in [2.05, 4.69) is 15.3 Å². The van der Waals surface area contributed by atoms with Crippen molar-refractivity contribution >= 4 is 22.5 Å². The summed E-state index contributed by atoms with van der Waals surface area (Å²) in [4.78, 5) is 8.72. The fourth-order valence-electron chi connectivity index (χ4n) is 2.33. The van der Waals surface area contributed by atoms with Gasteiger partial charge in [-0.1, -0.05) is 12.1 Å². The van der Waals surface area contributed by atoms with Crippen LogP contribution in [0, 0.1) is 0 Å². The Balaban J connectivity index is 2.09. The minimum absolute atomic E-state index is 0.173. The molecular formula is C17H18N4O. The highest BCUT2D eigenvalue weighted by atomic mass is 16.3. The van der Waals surface area contributed by atoms with E-state index in [9.17, 15) is 5.11 Å². The van der Waals surface area contributed by atoms with Crippen molar-refractivity contribution in [1.29, 1.82) is 0 Å². The fraction of sp³-hybridized carbons (Fsp3) is 0.176. The van der Waals surface area contributed by atoms with Crippen LogP contribution in [0.15, 0.2) is 42.6 Å². The average Bonchev–Trinajstić information content (AvgIpc) is 2.45. The van der Waals surface area contributed by atoms with E-state index >= 15 is 0 Å². The molecule has 0 spiro atoms. The number of hydrogen-bond acceptors (Lipinski definition) is 5. The van der Waals surface area contributed by atoms with Crippen molar-refractivity contribution < 1.29 is 5.11 Å². The molecule has 0 aliphatic carbocycles. The number of phenols is 1. The number of aromatic hydroxyl groups is 1. The Hall–Kier alpha value is -2.82. The second-order valence-corrected chi connectivity index (χ2v) is 5.55. The van der Waals surface area contributed by atoms with Gasteiger partial charge in [0.2, 0.25) is 5.95 Å². The van der Waals surface area contributed by atoms with Crippen LogP contribution in [0.25, 0.3) is 22.0 Å². The van der Waals surface area contributed by atoms with Gasteiger partial charge in [-0.3, -0.25) is 0 Å². The lowest BCUT2D eigenvalue weighted by Gasteiger charge is -2.10. The van der Waals surface area contributed by atoms with Gasteiger partial charge in [0.25, 0.3) is 0 Å². The maximum absolute atomic E-state index is 10.3. The highest BCUT2D eigenvalue weighted by Crippen LogP contribution is 2.33. The third-order valence-electron chi connectivity index (χ3n) is 3.31. The van der Waals surface area contributed by atoms with Gasteiger partial charge in [-0.15, -0.1) is 0 Å². The summed E-state index contributed by atoms with van der Waals surface area (Å²) < 4.78 is 0. The summed E-state index contributed by atoms with van der Waals surface area (Å²) in [7, 11) is 0. The number of nitrogens with zero attached hydrogens (tertiary/aromatic N) is 2. The van der Waals surface area contributed by atoms with E-state index in [-0.39, 0.29) is 11.8 Å². The van der Waals surface area contributed by atoms with Crippen LogP contribution in [0.1, 0.15) is 13.8 Å². The summed E-state index contributed by atoms with van der Waals surface area (Å²) in [5, 5.41) is 14.3. The molecule has 0 aliphatic heterocycles. The van der Waals surface area contributed by atoms with E-state index in [0.717, 1.165) is 10.9 Å². The highest BCUT2D eigenvalue weighted by Gasteiger charge is 2.09. The van der Waals surface area contributed by atoms with Gasteiger partial charge in [-0.2, -0.15) is 0 Å². The van der Waals surface area contributed by atoms with Crippen molar-refractivity contribution in [3.8, 4) is 16.9 Å². The van der Waals surface area contributed by atoms with E-state index in [1.54, 1.807) is 12.3 Å². The Morgan fingerprint density at radius 2 is 2.00 bits per heavy atom. The first kappa shape index (κ1) is 14.1. The molecule has 5 heteroatoms. The highest BCUT2D eigenvalue weighted by molar-refractivity contribution is 5.88. The second-order valence-electron chi connectivity index (χ2n) is 5.55. The molecule has 0 bridgehead atoms. The van der Waals surface area contributed by atoms with Gasteiger partial charge in [0.05, 0.1) is 5.52 Å². The number of anilines is 2. The van der Waals surface area contributed by atoms with Crippen LogP contribution in [0.2, 0.25) is 0 Å². The monoisotopic (exact) mass is 294 g/mol. The predicted molar refractivity (Wildman–Crippen MR) is 89.8 cm³/mol. The predicted octanol–water partition coefficient (Wildman–Crippen LogP) is 3.40.